The SMILES string of the molecule is Cc1nccn1CC1CCc2[nH]c3ccc(OCc4ccccc4)cc3c2C1=O.O=C(O)C(=O)O. The molecule has 9 nitrogen and oxygen atoms in total. The summed E-state index contributed by atoms with van der Waals surface area (Å²) in [5, 5.41) is 15.7. The molecule has 1 aliphatic rings. The van der Waals surface area contributed by atoms with Gasteiger partial charge in [-0.3, -0.25) is 4.79 Å². The van der Waals surface area contributed by atoms with Gasteiger partial charge in [0.2, 0.25) is 0 Å². The number of hydrogen-bond donors (Lipinski definition) is 3. The molecule has 0 fully saturated rings. The van der Waals surface area contributed by atoms with Crippen molar-refractivity contribution in [3.05, 3.63) is 83.6 Å². The molecular formula is C26H25N3O6. The van der Waals surface area contributed by atoms with Crippen molar-refractivity contribution >= 4 is 28.6 Å². The lowest BCUT2D eigenvalue weighted by Gasteiger charge is -2.22. The Hall–Kier alpha value is -4.40. The van der Waals surface area contributed by atoms with Gasteiger partial charge in [-0.05, 0) is 43.5 Å². The fraction of sp³-hybridized carbons (Fsp3) is 0.231. The van der Waals surface area contributed by atoms with Crippen LogP contribution in [0.5, 0.6) is 5.75 Å². The molecule has 5 rings (SSSR count). The number of fused-ring (bicyclic) bond motifs is 3. The first-order chi connectivity index (χ1) is 16.8. The van der Waals surface area contributed by atoms with E-state index in [4.69, 9.17) is 24.5 Å². The molecule has 4 aromatic rings. The summed E-state index contributed by atoms with van der Waals surface area (Å²) in [6, 6.07) is 16.1. The van der Waals surface area contributed by atoms with Crippen molar-refractivity contribution < 1.29 is 29.3 Å². The summed E-state index contributed by atoms with van der Waals surface area (Å²) in [6.07, 6.45) is 5.47. The molecule has 0 radical (unpaired) electrons. The van der Waals surface area contributed by atoms with Gasteiger partial charge in [-0.25, -0.2) is 14.6 Å². The normalized spacial score (nSPS) is 14.7. The van der Waals surface area contributed by atoms with E-state index in [1.165, 1.54) is 0 Å². The number of H-pyrrole nitrogens is 1. The summed E-state index contributed by atoms with van der Waals surface area (Å²) in [5.74, 6) is -1.73. The second-order valence-corrected chi connectivity index (χ2v) is 8.30. The fourth-order valence-electron chi connectivity index (χ4n) is 4.19. The number of benzene rings is 2. The molecule has 0 saturated heterocycles. The first-order valence-corrected chi connectivity index (χ1v) is 11.1. The number of aromatic amines is 1. The van der Waals surface area contributed by atoms with Crippen molar-refractivity contribution in [2.45, 2.75) is 32.9 Å². The molecule has 35 heavy (non-hydrogen) atoms. The van der Waals surface area contributed by atoms with E-state index in [2.05, 4.69) is 14.5 Å². The third kappa shape index (κ3) is 5.40. The van der Waals surface area contributed by atoms with Crippen molar-refractivity contribution in [1.29, 1.82) is 0 Å². The molecule has 0 spiro atoms. The van der Waals surface area contributed by atoms with Crippen molar-refractivity contribution in [2.75, 3.05) is 0 Å². The number of ketones is 1. The Bertz CT molecular complexity index is 1360. The van der Waals surface area contributed by atoms with Crippen molar-refractivity contribution in [1.82, 2.24) is 14.5 Å². The molecule has 2 heterocycles. The molecule has 180 valence electrons. The Labute approximate surface area is 201 Å². The van der Waals surface area contributed by atoms with E-state index < -0.39 is 11.9 Å². The van der Waals surface area contributed by atoms with Gasteiger partial charge in [0.15, 0.2) is 5.78 Å². The van der Waals surface area contributed by atoms with Gasteiger partial charge in [0.1, 0.15) is 18.2 Å². The molecule has 0 bridgehead atoms. The summed E-state index contributed by atoms with van der Waals surface area (Å²) in [4.78, 5) is 39.2. The summed E-state index contributed by atoms with van der Waals surface area (Å²) >= 11 is 0. The first-order valence-electron chi connectivity index (χ1n) is 11.1. The first kappa shape index (κ1) is 23.7. The van der Waals surface area contributed by atoms with E-state index >= 15 is 0 Å². The Morgan fingerprint density at radius 3 is 2.54 bits per heavy atom. The average molecular weight is 476 g/mol. The largest absolute Gasteiger partial charge is 0.489 e. The van der Waals surface area contributed by atoms with Crippen LogP contribution in [0.3, 0.4) is 0 Å². The molecule has 0 saturated carbocycles. The van der Waals surface area contributed by atoms with Crippen LogP contribution in [0, 0.1) is 12.8 Å². The maximum atomic E-state index is 13.3. The highest BCUT2D eigenvalue weighted by Gasteiger charge is 2.31. The second kappa shape index (κ2) is 10.3. The number of rotatable bonds is 5. The second-order valence-electron chi connectivity index (χ2n) is 8.30. The van der Waals surface area contributed by atoms with Crippen LogP contribution in [0.15, 0.2) is 60.9 Å². The van der Waals surface area contributed by atoms with Crippen LogP contribution in [0.4, 0.5) is 0 Å². The predicted molar refractivity (Wildman–Crippen MR) is 127 cm³/mol. The standard InChI is InChI=1S/C24H23N3O2.C2H2O4/c1-16-25-11-12-27(16)14-18-7-9-22-23(24(18)28)20-13-19(8-10-21(20)26-22)29-15-17-5-3-2-4-6-17;3-1(4)2(5)6/h2-6,8,10-13,18,26H,7,9,14-15H2,1H3;(H,3,4)(H,5,6). The number of aliphatic carboxylic acids is 2. The predicted octanol–water partition coefficient (Wildman–Crippen LogP) is 3.85. The molecule has 1 aliphatic carbocycles. The molecule has 3 N–H and O–H groups in total. The van der Waals surface area contributed by atoms with E-state index in [0.717, 1.165) is 52.1 Å². The van der Waals surface area contributed by atoms with E-state index in [0.29, 0.717) is 13.2 Å². The van der Waals surface area contributed by atoms with E-state index in [9.17, 15) is 4.79 Å². The lowest BCUT2D eigenvalue weighted by atomic mass is 9.85. The number of carboxylic acid groups (broad SMARTS) is 2. The number of hydrogen-bond acceptors (Lipinski definition) is 5. The summed E-state index contributed by atoms with van der Waals surface area (Å²) < 4.78 is 8.05. The Kier molecular flexibility index (Phi) is 6.96. The van der Waals surface area contributed by atoms with Gasteiger partial charge >= 0.3 is 11.9 Å². The van der Waals surface area contributed by atoms with E-state index in [-0.39, 0.29) is 11.7 Å². The summed E-state index contributed by atoms with van der Waals surface area (Å²) in [7, 11) is 0. The number of nitrogens with zero attached hydrogens (tertiary/aromatic N) is 2. The monoisotopic (exact) mass is 475 g/mol. The maximum Gasteiger partial charge on any atom is 0.414 e. The van der Waals surface area contributed by atoms with Crippen LogP contribution in [0.2, 0.25) is 0 Å². The lowest BCUT2D eigenvalue weighted by Crippen LogP contribution is -2.26. The number of aromatic nitrogens is 3. The van der Waals surface area contributed by atoms with Gasteiger partial charge in [0.25, 0.3) is 0 Å². The summed E-state index contributed by atoms with van der Waals surface area (Å²) in [5.41, 5.74) is 3.99. The van der Waals surface area contributed by atoms with Gasteiger partial charge in [-0.15, -0.1) is 0 Å². The highest BCUT2D eigenvalue weighted by atomic mass is 16.5. The Morgan fingerprint density at radius 2 is 1.89 bits per heavy atom. The average Bonchev–Trinajstić information content (AvgIpc) is 3.43. The smallest absolute Gasteiger partial charge is 0.414 e. The molecular weight excluding hydrogens is 450 g/mol. The van der Waals surface area contributed by atoms with Gasteiger partial charge in [0.05, 0.1) is 0 Å². The molecule has 2 aromatic carbocycles. The Morgan fingerprint density at radius 1 is 1.14 bits per heavy atom. The van der Waals surface area contributed by atoms with E-state index in [1.807, 2.05) is 61.7 Å². The number of Topliss-reactive ketones (excluding diaryl/α,β-unsaturated/α-hetero) is 1. The maximum absolute atomic E-state index is 13.3. The molecule has 1 unspecified atom stereocenters. The van der Waals surface area contributed by atoms with E-state index in [1.54, 1.807) is 6.20 Å². The topological polar surface area (TPSA) is 135 Å². The molecule has 9 heteroatoms. The van der Waals surface area contributed by atoms with Gasteiger partial charge in [0, 0.05) is 47.0 Å². The minimum Gasteiger partial charge on any atom is -0.489 e. The number of nitrogens with one attached hydrogen (secondary N) is 1. The van der Waals surface area contributed by atoms with Gasteiger partial charge < -0.3 is 24.5 Å². The number of carbonyl (C=O) groups excluding carboxylic acids is 1. The third-order valence-corrected chi connectivity index (χ3v) is 5.98. The van der Waals surface area contributed by atoms with Crippen LogP contribution >= 0.6 is 0 Å². The number of carboxylic acids is 2. The van der Waals surface area contributed by atoms with Crippen LogP contribution in [0.1, 0.15) is 33.9 Å². The lowest BCUT2D eigenvalue weighted by molar-refractivity contribution is -0.159. The Balaban J connectivity index is 0.000000431. The van der Waals surface area contributed by atoms with Crippen molar-refractivity contribution in [2.24, 2.45) is 5.92 Å². The van der Waals surface area contributed by atoms with Crippen LogP contribution in [0.25, 0.3) is 10.9 Å². The zero-order valence-corrected chi connectivity index (χ0v) is 19.1. The minimum atomic E-state index is -1.82. The molecule has 0 amide bonds. The highest BCUT2D eigenvalue weighted by molar-refractivity contribution is 6.27. The van der Waals surface area contributed by atoms with Crippen LogP contribution in [-0.4, -0.2) is 42.5 Å². The number of carbonyl (C=O) groups is 3. The molecule has 1 atom stereocenters. The number of aryl methyl sites for hydroxylation is 2. The third-order valence-electron chi connectivity index (χ3n) is 5.98. The summed E-state index contributed by atoms with van der Waals surface area (Å²) in [6.45, 7) is 3.16. The number of imidazole rings is 1. The quantitative estimate of drug-likeness (QED) is 0.373. The van der Waals surface area contributed by atoms with Crippen molar-refractivity contribution in [3.63, 3.8) is 0 Å². The van der Waals surface area contributed by atoms with Gasteiger partial charge in [-0.1, -0.05) is 30.3 Å². The fourth-order valence-corrected chi connectivity index (χ4v) is 4.19. The highest BCUT2D eigenvalue weighted by Crippen LogP contribution is 2.34. The van der Waals surface area contributed by atoms with Crippen LogP contribution < -0.4 is 4.74 Å². The zero-order chi connectivity index (χ0) is 24.9. The molecule has 2 aromatic heterocycles. The van der Waals surface area contributed by atoms with Crippen LogP contribution in [-0.2, 0) is 29.2 Å². The zero-order valence-electron chi connectivity index (χ0n) is 19.1. The van der Waals surface area contributed by atoms with Gasteiger partial charge in [-0.2, -0.15) is 0 Å². The number of ether oxygens (including phenoxy) is 1. The van der Waals surface area contributed by atoms with Crippen molar-refractivity contribution in [3.8, 4) is 5.75 Å². The molecule has 0 aliphatic heterocycles. The minimum absolute atomic E-state index is 0.0247.